The molecule has 0 saturated carbocycles. The number of likely N-dealkylation sites (N-methyl/N-ethyl adjacent to an activating group) is 1. The third-order valence-electron chi connectivity index (χ3n) is 9.93. The molecule has 0 aliphatic carbocycles. The number of carbonyl (C=O) groups excluding carboxylic acids is 1. The molecule has 0 radical (unpaired) electrons. The summed E-state index contributed by atoms with van der Waals surface area (Å²) >= 11 is 0. The highest BCUT2D eigenvalue weighted by Crippen LogP contribution is 2.31. The van der Waals surface area contributed by atoms with Crippen LogP contribution in [0.5, 0.6) is 6.01 Å². The van der Waals surface area contributed by atoms with Crippen LogP contribution in [0.3, 0.4) is 0 Å². The Morgan fingerprint density at radius 1 is 1.06 bits per heavy atom. The lowest BCUT2D eigenvalue weighted by Gasteiger charge is -2.40. The summed E-state index contributed by atoms with van der Waals surface area (Å²) in [5.41, 5.74) is 4.40. The second-order valence-corrected chi connectivity index (χ2v) is 13.1. The van der Waals surface area contributed by atoms with E-state index in [4.69, 9.17) is 19.4 Å². The number of aryl methyl sites for hydroxylation is 2. The van der Waals surface area contributed by atoms with Gasteiger partial charge in [-0.05, 0) is 70.0 Å². The predicted molar refractivity (Wildman–Crippen MR) is 188 cm³/mol. The highest BCUT2D eigenvalue weighted by molar-refractivity contribution is 5.91. The van der Waals surface area contributed by atoms with E-state index >= 15 is 0 Å². The Bertz CT molecular complexity index is 2160. The zero-order chi connectivity index (χ0) is 34.9. The SMILES string of the molecule is Cc1cc2[nH]ncc2c(-n2c(C)nc3c(N4CCN(C(=O)OCc5ccccc5)[C@@H](CC#N)C4)nc(OCC4CCCN4C)nc3c2=O)c1C. The summed E-state index contributed by atoms with van der Waals surface area (Å²) in [4.78, 5) is 48.1. The lowest BCUT2D eigenvalue weighted by atomic mass is 10.0. The second-order valence-electron chi connectivity index (χ2n) is 13.1. The van der Waals surface area contributed by atoms with Crippen molar-refractivity contribution in [2.75, 3.05) is 44.7 Å². The topological polar surface area (TPSA) is 158 Å². The second kappa shape index (κ2) is 13.8. The zero-order valence-corrected chi connectivity index (χ0v) is 28.7. The molecule has 1 N–H and O–H groups in total. The van der Waals surface area contributed by atoms with Crippen molar-refractivity contribution < 1.29 is 14.3 Å². The van der Waals surface area contributed by atoms with Crippen LogP contribution in [0.2, 0.25) is 0 Å². The molecule has 50 heavy (non-hydrogen) atoms. The number of amides is 1. The number of nitrogens with zero attached hydrogens (tertiary/aromatic N) is 9. The van der Waals surface area contributed by atoms with Crippen molar-refractivity contribution in [3.05, 3.63) is 75.5 Å². The van der Waals surface area contributed by atoms with Crippen LogP contribution in [0.4, 0.5) is 10.6 Å². The van der Waals surface area contributed by atoms with Crippen molar-refractivity contribution in [2.24, 2.45) is 0 Å². The first-order valence-corrected chi connectivity index (χ1v) is 16.9. The molecular formula is C36H40N10O4. The van der Waals surface area contributed by atoms with E-state index in [0.29, 0.717) is 36.0 Å². The number of ether oxygens (including phenoxy) is 2. The van der Waals surface area contributed by atoms with Gasteiger partial charge in [0.1, 0.15) is 24.6 Å². The van der Waals surface area contributed by atoms with Gasteiger partial charge in [-0.15, -0.1) is 0 Å². The van der Waals surface area contributed by atoms with Crippen LogP contribution in [0.1, 0.15) is 41.8 Å². The number of rotatable bonds is 8. The van der Waals surface area contributed by atoms with Crippen molar-refractivity contribution in [1.29, 1.82) is 5.26 Å². The minimum Gasteiger partial charge on any atom is -0.462 e. The first kappa shape index (κ1) is 33.0. The highest BCUT2D eigenvalue weighted by Gasteiger charge is 2.34. The maximum absolute atomic E-state index is 14.6. The van der Waals surface area contributed by atoms with Crippen LogP contribution in [0.15, 0.2) is 47.4 Å². The molecule has 3 aromatic heterocycles. The van der Waals surface area contributed by atoms with Crippen molar-refractivity contribution in [3.63, 3.8) is 0 Å². The Kier molecular flexibility index (Phi) is 9.07. The number of H-pyrrole nitrogens is 1. The maximum atomic E-state index is 14.6. The van der Waals surface area contributed by atoms with E-state index in [1.54, 1.807) is 22.6 Å². The number of fused-ring (bicyclic) bond motifs is 2. The molecule has 0 bridgehead atoms. The fourth-order valence-corrected chi connectivity index (χ4v) is 7.02. The van der Waals surface area contributed by atoms with Crippen LogP contribution in [-0.2, 0) is 11.3 Å². The molecule has 0 spiro atoms. The van der Waals surface area contributed by atoms with Gasteiger partial charge in [-0.25, -0.2) is 9.78 Å². The molecule has 5 aromatic rings. The normalized spacial score (nSPS) is 18.1. The molecule has 2 atom stereocenters. The molecule has 5 heterocycles. The van der Waals surface area contributed by atoms with Gasteiger partial charge in [-0.3, -0.25) is 14.5 Å². The number of carbonyl (C=O) groups is 1. The lowest BCUT2D eigenvalue weighted by molar-refractivity contribution is 0.0768. The van der Waals surface area contributed by atoms with Crippen LogP contribution in [-0.4, -0.2) is 97.5 Å². The molecule has 2 aliphatic rings. The third kappa shape index (κ3) is 6.20. The van der Waals surface area contributed by atoms with Crippen LogP contribution in [0, 0.1) is 32.1 Å². The largest absolute Gasteiger partial charge is 0.462 e. The maximum Gasteiger partial charge on any atom is 0.410 e. The van der Waals surface area contributed by atoms with Crippen molar-refractivity contribution in [2.45, 2.75) is 58.7 Å². The van der Waals surface area contributed by atoms with Gasteiger partial charge in [0, 0.05) is 31.1 Å². The van der Waals surface area contributed by atoms with Crippen molar-refractivity contribution in [3.8, 4) is 17.8 Å². The van der Waals surface area contributed by atoms with E-state index in [1.165, 1.54) is 0 Å². The Hall–Kier alpha value is -5.55. The predicted octanol–water partition coefficient (Wildman–Crippen LogP) is 4.19. The van der Waals surface area contributed by atoms with Gasteiger partial charge >= 0.3 is 12.1 Å². The Balaban J connectivity index is 1.28. The first-order valence-electron chi connectivity index (χ1n) is 16.9. The Morgan fingerprint density at radius 3 is 2.64 bits per heavy atom. The van der Waals surface area contributed by atoms with E-state index < -0.39 is 12.1 Å². The molecule has 14 heteroatoms. The lowest BCUT2D eigenvalue weighted by Crippen LogP contribution is -2.55. The number of anilines is 1. The average Bonchev–Trinajstić information content (AvgIpc) is 3.76. The smallest absolute Gasteiger partial charge is 0.410 e. The standard InChI is InChI=1S/C36H40N10O4/c1-22-17-29-28(18-38-42-29)32(23(22)2)46-24(3)39-30-31(34(46)47)40-35(49-21-27-11-8-14-43(27)4)41-33(30)44-15-16-45(26(19-44)12-13-37)36(48)50-20-25-9-6-5-7-10-25/h5-7,9-10,17-18,26-27H,8,11-12,14-16,19-21H2,1-4H3,(H,38,42)/t26-,27?/m0/s1. The van der Waals surface area contributed by atoms with Crippen molar-refractivity contribution >= 4 is 33.8 Å². The summed E-state index contributed by atoms with van der Waals surface area (Å²) in [7, 11) is 2.07. The van der Waals surface area contributed by atoms with Gasteiger partial charge in [-0.2, -0.15) is 20.3 Å². The van der Waals surface area contributed by atoms with E-state index in [9.17, 15) is 14.9 Å². The van der Waals surface area contributed by atoms with Crippen molar-refractivity contribution in [1.82, 2.24) is 39.5 Å². The van der Waals surface area contributed by atoms with Gasteiger partial charge in [0.25, 0.3) is 5.56 Å². The van der Waals surface area contributed by atoms with E-state index in [1.807, 2.05) is 55.1 Å². The van der Waals surface area contributed by atoms with Gasteiger partial charge in [-0.1, -0.05) is 30.3 Å². The van der Waals surface area contributed by atoms with Gasteiger partial charge in [0.2, 0.25) is 0 Å². The van der Waals surface area contributed by atoms with E-state index in [-0.39, 0.29) is 49.2 Å². The number of benzene rings is 2. The molecule has 2 fully saturated rings. The monoisotopic (exact) mass is 676 g/mol. The minimum atomic E-state index is -0.484. The molecular weight excluding hydrogens is 636 g/mol. The number of piperazine rings is 1. The molecule has 1 unspecified atom stereocenters. The summed E-state index contributed by atoms with van der Waals surface area (Å²) in [6, 6.07) is 13.5. The summed E-state index contributed by atoms with van der Waals surface area (Å²) in [5.74, 6) is 0.883. The average molecular weight is 677 g/mol. The van der Waals surface area contributed by atoms with Gasteiger partial charge in [0.15, 0.2) is 11.3 Å². The summed E-state index contributed by atoms with van der Waals surface area (Å²) in [5, 5.41) is 17.8. The highest BCUT2D eigenvalue weighted by atomic mass is 16.6. The molecule has 1 amide bonds. The number of hydrogen-bond donors (Lipinski definition) is 1. The quantitative estimate of drug-likeness (QED) is 0.251. The van der Waals surface area contributed by atoms with E-state index in [2.05, 4.69) is 33.2 Å². The number of nitrogens with one attached hydrogen (secondary N) is 1. The number of aromatic amines is 1. The molecule has 14 nitrogen and oxygen atoms in total. The molecule has 2 aromatic carbocycles. The fourth-order valence-electron chi connectivity index (χ4n) is 7.02. The summed E-state index contributed by atoms with van der Waals surface area (Å²) in [6.45, 7) is 8.19. The summed E-state index contributed by atoms with van der Waals surface area (Å²) < 4.78 is 13.5. The fraction of sp³-hybridized carbons (Fsp3) is 0.417. The summed E-state index contributed by atoms with van der Waals surface area (Å²) in [6.07, 6.45) is 3.39. The Morgan fingerprint density at radius 2 is 1.88 bits per heavy atom. The van der Waals surface area contributed by atoms with Gasteiger partial charge < -0.3 is 24.2 Å². The number of likely N-dealkylation sites (tertiary alicyclic amines) is 1. The van der Waals surface area contributed by atoms with Crippen LogP contribution < -0.4 is 15.2 Å². The minimum absolute atomic E-state index is 0.0815. The Labute approximate surface area is 289 Å². The van der Waals surface area contributed by atoms with Gasteiger partial charge in [0.05, 0.1) is 35.9 Å². The molecule has 2 aliphatic heterocycles. The molecule has 7 rings (SSSR count). The van der Waals surface area contributed by atoms with E-state index in [0.717, 1.165) is 47.0 Å². The number of hydrogen-bond acceptors (Lipinski definition) is 11. The number of aromatic nitrogens is 6. The molecule has 258 valence electrons. The van der Waals surface area contributed by atoms with Crippen LogP contribution in [0.25, 0.3) is 27.6 Å². The van der Waals surface area contributed by atoms with Crippen LogP contribution >= 0.6 is 0 Å². The molecule has 2 saturated heterocycles. The zero-order valence-electron chi connectivity index (χ0n) is 28.7. The third-order valence-corrected chi connectivity index (χ3v) is 9.93. The number of nitriles is 1. The first-order chi connectivity index (χ1) is 24.2.